The van der Waals surface area contributed by atoms with Gasteiger partial charge in [-0.25, -0.2) is 0 Å². The molecular weight excluding hydrogens is 160 g/mol. The number of allylic oxidation sites excluding steroid dienone is 1. The van der Waals surface area contributed by atoms with Crippen LogP contribution in [-0.2, 0) is 0 Å². The number of benzene rings is 1. The van der Waals surface area contributed by atoms with Crippen LogP contribution in [0.15, 0.2) is 42.5 Å². The van der Waals surface area contributed by atoms with Crippen molar-refractivity contribution < 1.29 is 4.79 Å². The van der Waals surface area contributed by atoms with E-state index < -0.39 is 0 Å². The maximum atomic E-state index is 11.7. The van der Waals surface area contributed by atoms with E-state index in [0.717, 1.165) is 11.1 Å². The lowest BCUT2D eigenvalue weighted by atomic mass is 9.94. The highest BCUT2D eigenvalue weighted by Crippen LogP contribution is 2.14. The molecule has 13 heavy (non-hydrogen) atoms. The maximum Gasteiger partial charge on any atom is 0.169 e. The van der Waals surface area contributed by atoms with Crippen molar-refractivity contribution in [2.45, 2.75) is 13.8 Å². The van der Waals surface area contributed by atoms with E-state index in [1.54, 1.807) is 0 Å². The Morgan fingerprint density at radius 3 is 2.31 bits per heavy atom. The first-order chi connectivity index (χ1) is 6.13. The standard InChI is InChI=1S/C12H14O/c1-9(2)10(3)12(13)11-7-5-4-6-8-11/h4-8,10H,1H2,2-3H3. The molecule has 0 aliphatic carbocycles. The summed E-state index contributed by atoms with van der Waals surface area (Å²) in [5, 5.41) is 0. The predicted molar refractivity (Wildman–Crippen MR) is 54.8 cm³/mol. The summed E-state index contributed by atoms with van der Waals surface area (Å²) in [5.41, 5.74) is 1.67. The summed E-state index contributed by atoms with van der Waals surface area (Å²) >= 11 is 0. The Morgan fingerprint density at radius 2 is 1.85 bits per heavy atom. The minimum atomic E-state index is -0.0811. The fourth-order valence-corrected chi connectivity index (χ4v) is 1.08. The molecular formula is C12H14O. The van der Waals surface area contributed by atoms with Crippen molar-refractivity contribution in [3.05, 3.63) is 48.0 Å². The minimum Gasteiger partial charge on any atom is -0.294 e. The number of ketones is 1. The highest BCUT2D eigenvalue weighted by Gasteiger charge is 2.14. The molecule has 0 saturated heterocycles. The van der Waals surface area contributed by atoms with Crippen LogP contribution in [-0.4, -0.2) is 5.78 Å². The number of hydrogen-bond donors (Lipinski definition) is 0. The number of hydrogen-bond acceptors (Lipinski definition) is 1. The van der Waals surface area contributed by atoms with Gasteiger partial charge in [-0.1, -0.05) is 49.4 Å². The van der Waals surface area contributed by atoms with Gasteiger partial charge in [-0.05, 0) is 6.92 Å². The fourth-order valence-electron chi connectivity index (χ4n) is 1.08. The van der Waals surface area contributed by atoms with Crippen LogP contribution in [0.25, 0.3) is 0 Å². The van der Waals surface area contributed by atoms with E-state index in [4.69, 9.17) is 0 Å². The minimum absolute atomic E-state index is 0.0811. The predicted octanol–water partition coefficient (Wildman–Crippen LogP) is 3.08. The van der Waals surface area contributed by atoms with E-state index >= 15 is 0 Å². The molecule has 1 atom stereocenters. The second-order valence-corrected chi connectivity index (χ2v) is 3.30. The normalized spacial score (nSPS) is 12.2. The van der Waals surface area contributed by atoms with Gasteiger partial charge in [0.1, 0.15) is 0 Å². The molecule has 0 N–H and O–H groups in total. The van der Waals surface area contributed by atoms with Gasteiger partial charge in [0.2, 0.25) is 0 Å². The lowest BCUT2D eigenvalue weighted by Gasteiger charge is -2.09. The van der Waals surface area contributed by atoms with Crippen LogP contribution in [0.2, 0.25) is 0 Å². The maximum absolute atomic E-state index is 11.7. The van der Waals surface area contributed by atoms with Crippen molar-refractivity contribution in [2.24, 2.45) is 5.92 Å². The van der Waals surface area contributed by atoms with Crippen molar-refractivity contribution in [3.63, 3.8) is 0 Å². The highest BCUT2D eigenvalue weighted by molar-refractivity contribution is 5.99. The van der Waals surface area contributed by atoms with Crippen molar-refractivity contribution >= 4 is 5.78 Å². The van der Waals surface area contributed by atoms with Crippen molar-refractivity contribution in [1.82, 2.24) is 0 Å². The first-order valence-corrected chi connectivity index (χ1v) is 4.37. The molecule has 0 aromatic heterocycles. The van der Waals surface area contributed by atoms with Crippen LogP contribution >= 0.6 is 0 Å². The second-order valence-electron chi connectivity index (χ2n) is 3.30. The molecule has 0 spiro atoms. The van der Waals surface area contributed by atoms with Crippen LogP contribution in [0, 0.1) is 5.92 Å². The third-order valence-corrected chi connectivity index (χ3v) is 2.19. The quantitative estimate of drug-likeness (QED) is 0.508. The van der Waals surface area contributed by atoms with Gasteiger partial charge in [0.15, 0.2) is 5.78 Å². The van der Waals surface area contributed by atoms with Gasteiger partial charge < -0.3 is 0 Å². The average Bonchev–Trinajstić information content (AvgIpc) is 2.17. The highest BCUT2D eigenvalue weighted by atomic mass is 16.1. The Kier molecular flexibility index (Phi) is 3.02. The molecule has 0 saturated carbocycles. The molecule has 1 heteroatoms. The SMILES string of the molecule is C=C(C)C(C)C(=O)c1ccccc1. The van der Waals surface area contributed by atoms with Crippen molar-refractivity contribution in [2.75, 3.05) is 0 Å². The molecule has 0 radical (unpaired) electrons. The molecule has 1 aromatic carbocycles. The van der Waals surface area contributed by atoms with E-state index in [1.165, 1.54) is 0 Å². The topological polar surface area (TPSA) is 17.1 Å². The van der Waals surface area contributed by atoms with E-state index in [1.807, 2.05) is 44.2 Å². The first kappa shape index (κ1) is 9.72. The average molecular weight is 174 g/mol. The van der Waals surface area contributed by atoms with Crippen molar-refractivity contribution in [1.29, 1.82) is 0 Å². The second kappa shape index (κ2) is 4.04. The van der Waals surface area contributed by atoms with E-state index in [9.17, 15) is 4.79 Å². The molecule has 1 aromatic rings. The third-order valence-electron chi connectivity index (χ3n) is 2.19. The monoisotopic (exact) mass is 174 g/mol. The number of rotatable bonds is 3. The smallest absolute Gasteiger partial charge is 0.169 e. The molecule has 1 nitrogen and oxygen atoms in total. The Hall–Kier alpha value is -1.37. The van der Waals surface area contributed by atoms with Crippen LogP contribution in [0.4, 0.5) is 0 Å². The molecule has 0 aliphatic rings. The van der Waals surface area contributed by atoms with Crippen LogP contribution in [0.3, 0.4) is 0 Å². The lowest BCUT2D eigenvalue weighted by Crippen LogP contribution is -2.11. The van der Waals surface area contributed by atoms with E-state index in [-0.39, 0.29) is 11.7 Å². The van der Waals surface area contributed by atoms with Crippen LogP contribution < -0.4 is 0 Å². The molecule has 68 valence electrons. The Balaban J connectivity index is 2.86. The molecule has 0 heterocycles. The van der Waals surface area contributed by atoms with E-state index in [2.05, 4.69) is 6.58 Å². The summed E-state index contributed by atoms with van der Waals surface area (Å²) < 4.78 is 0. The van der Waals surface area contributed by atoms with Gasteiger partial charge in [-0.3, -0.25) is 4.79 Å². The Morgan fingerprint density at radius 1 is 1.31 bits per heavy atom. The Bertz CT molecular complexity index is 311. The van der Waals surface area contributed by atoms with Crippen LogP contribution in [0.5, 0.6) is 0 Å². The lowest BCUT2D eigenvalue weighted by molar-refractivity contribution is 0.0948. The summed E-state index contributed by atoms with van der Waals surface area (Å²) in [4.78, 5) is 11.7. The van der Waals surface area contributed by atoms with E-state index in [0.29, 0.717) is 0 Å². The van der Waals surface area contributed by atoms with Gasteiger partial charge in [0, 0.05) is 11.5 Å². The summed E-state index contributed by atoms with van der Waals surface area (Å²) in [6.07, 6.45) is 0. The van der Waals surface area contributed by atoms with Crippen LogP contribution in [0.1, 0.15) is 24.2 Å². The molecule has 1 unspecified atom stereocenters. The first-order valence-electron chi connectivity index (χ1n) is 4.37. The van der Waals surface area contributed by atoms with Gasteiger partial charge in [0.25, 0.3) is 0 Å². The molecule has 0 bridgehead atoms. The largest absolute Gasteiger partial charge is 0.294 e. The summed E-state index contributed by atoms with van der Waals surface area (Å²) in [7, 11) is 0. The Labute approximate surface area is 79.1 Å². The zero-order valence-electron chi connectivity index (χ0n) is 8.08. The number of Topliss-reactive ketones (excluding diaryl/α,β-unsaturated/α-hetero) is 1. The summed E-state index contributed by atoms with van der Waals surface area (Å²) in [5.74, 6) is 0.0653. The fraction of sp³-hybridized carbons (Fsp3) is 0.250. The van der Waals surface area contributed by atoms with Gasteiger partial charge >= 0.3 is 0 Å². The zero-order valence-corrected chi connectivity index (χ0v) is 8.08. The molecule has 0 fully saturated rings. The zero-order chi connectivity index (χ0) is 9.84. The summed E-state index contributed by atoms with van der Waals surface area (Å²) in [6, 6.07) is 9.32. The van der Waals surface area contributed by atoms with Gasteiger partial charge in [0.05, 0.1) is 0 Å². The summed E-state index contributed by atoms with van der Waals surface area (Å²) in [6.45, 7) is 7.55. The van der Waals surface area contributed by atoms with Gasteiger partial charge in [-0.15, -0.1) is 0 Å². The molecule has 0 amide bonds. The number of carbonyl (C=O) groups is 1. The number of carbonyl (C=O) groups excluding carboxylic acids is 1. The van der Waals surface area contributed by atoms with Crippen molar-refractivity contribution in [3.8, 4) is 0 Å². The van der Waals surface area contributed by atoms with Gasteiger partial charge in [-0.2, -0.15) is 0 Å². The molecule has 1 rings (SSSR count). The third kappa shape index (κ3) is 2.28. The molecule has 0 aliphatic heterocycles.